The lowest BCUT2D eigenvalue weighted by Gasteiger charge is -2.05. The third kappa shape index (κ3) is 3.31. The van der Waals surface area contributed by atoms with Gasteiger partial charge in [0.2, 0.25) is 0 Å². The third-order valence-electron chi connectivity index (χ3n) is 5.54. The Kier molecular flexibility index (Phi) is 4.63. The minimum atomic E-state index is -0.403. The van der Waals surface area contributed by atoms with Crippen molar-refractivity contribution in [2.45, 2.75) is 13.8 Å². The van der Waals surface area contributed by atoms with Crippen molar-refractivity contribution in [1.29, 1.82) is 0 Å². The van der Waals surface area contributed by atoms with Crippen molar-refractivity contribution in [2.24, 2.45) is 7.05 Å². The Balaban J connectivity index is 1.53. The molecule has 0 aliphatic rings. The molecule has 154 valence electrons. The molecule has 0 amide bonds. The summed E-state index contributed by atoms with van der Waals surface area (Å²) in [5.41, 5.74) is 7.14. The summed E-state index contributed by atoms with van der Waals surface area (Å²) in [5, 5.41) is 0.327. The van der Waals surface area contributed by atoms with Crippen molar-refractivity contribution in [3.63, 3.8) is 0 Å². The number of hydrogen-bond donors (Lipinski definition) is 1. The van der Waals surface area contributed by atoms with E-state index in [4.69, 9.17) is 16.6 Å². The average molecular weight is 431 g/mol. The summed E-state index contributed by atoms with van der Waals surface area (Å²) in [6, 6.07) is 19.0. The van der Waals surface area contributed by atoms with Crippen molar-refractivity contribution >= 4 is 22.6 Å². The standard InChI is InChI=1S/C25H20ClFN4/c1-14-7-12-20-21(13-14)31(3)25(29-20)17-10-8-16(9-11-17)23-15(2)28-24(30-23)22-18(26)5-4-6-19(22)27/h4-13H,1-3H3,(H,28,30). The second-order valence-electron chi connectivity index (χ2n) is 7.72. The summed E-state index contributed by atoms with van der Waals surface area (Å²) in [5.74, 6) is 0.926. The number of imidazole rings is 2. The number of aromatic nitrogens is 4. The van der Waals surface area contributed by atoms with Gasteiger partial charge < -0.3 is 9.55 Å². The predicted molar refractivity (Wildman–Crippen MR) is 124 cm³/mol. The first-order valence-corrected chi connectivity index (χ1v) is 10.3. The molecule has 0 radical (unpaired) electrons. The van der Waals surface area contributed by atoms with Gasteiger partial charge in [0.05, 0.1) is 27.3 Å². The van der Waals surface area contributed by atoms with E-state index in [0.717, 1.165) is 39.4 Å². The zero-order valence-corrected chi connectivity index (χ0v) is 18.1. The SMILES string of the molecule is Cc1ccc2nc(-c3ccc(-c4nc(-c5c(F)cccc5Cl)[nH]c4C)cc3)n(C)c2c1. The van der Waals surface area contributed by atoms with Gasteiger partial charge in [-0.25, -0.2) is 14.4 Å². The van der Waals surface area contributed by atoms with Crippen LogP contribution in [-0.2, 0) is 7.05 Å². The molecule has 5 rings (SSSR count). The predicted octanol–water partition coefficient (Wildman–Crippen LogP) is 6.71. The zero-order valence-electron chi connectivity index (χ0n) is 17.4. The van der Waals surface area contributed by atoms with E-state index in [2.05, 4.69) is 33.6 Å². The van der Waals surface area contributed by atoms with Crippen LogP contribution < -0.4 is 0 Å². The molecule has 0 aliphatic heterocycles. The van der Waals surface area contributed by atoms with Crippen LogP contribution in [0.5, 0.6) is 0 Å². The number of aromatic amines is 1. The van der Waals surface area contributed by atoms with Gasteiger partial charge in [0, 0.05) is 23.9 Å². The summed E-state index contributed by atoms with van der Waals surface area (Å²) in [7, 11) is 2.03. The minimum absolute atomic E-state index is 0.283. The molecule has 0 fully saturated rings. The number of rotatable bonds is 3. The molecule has 5 aromatic rings. The maximum absolute atomic E-state index is 14.3. The minimum Gasteiger partial charge on any atom is -0.341 e. The Hall–Kier alpha value is -3.44. The van der Waals surface area contributed by atoms with E-state index in [0.29, 0.717) is 10.8 Å². The van der Waals surface area contributed by atoms with E-state index in [1.165, 1.54) is 11.6 Å². The fourth-order valence-electron chi connectivity index (χ4n) is 3.92. The second-order valence-corrected chi connectivity index (χ2v) is 8.13. The van der Waals surface area contributed by atoms with E-state index in [1.807, 2.05) is 44.3 Å². The van der Waals surface area contributed by atoms with Gasteiger partial charge in [-0.2, -0.15) is 0 Å². The summed E-state index contributed by atoms with van der Waals surface area (Å²) in [4.78, 5) is 12.6. The van der Waals surface area contributed by atoms with Gasteiger partial charge in [-0.3, -0.25) is 0 Å². The van der Waals surface area contributed by atoms with Crippen LogP contribution in [0.1, 0.15) is 11.3 Å². The van der Waals surface area contributed by atoms with E-state index >= 15 is 0 Å². The Morgan fingerprint density at radius 3 is 2.42 bits per heavy atom. The van der Waals surface area contributed by atoms with Gasteiger partial charge in [0.15, 0.2) is 0 Å². The zero-order chi connectivity index (χ0) is 21.7. The molecular formula is C25H20ClFN4. The number of benzene rings is 3. The second kappa shape index (κ2) is 7.36. The quantitative estimate of drug-likeness (QED) is 0.346. The third-order valence-corrected chi connectivity index (χ3v) is 5.85. The molecule has 1 N–H and O–H groups in total. The highest BCUT2D eigenvalue weighted by Crippen LogP contribution is 2.33. The lowest BCUT2D eigenvalue weighted by molar-refractivity contribution is 0.630. The van der Waals surface area contributed by atoms with E-state index in [1.54, 1.807) is 12.1 Å². The van der Waals surface area contributed by atoms with Crippen LogP contribution in [-0.4, -0.2) is 19.5 Å². The Bertz CT molecular complexity index is 1410. The summed E-state index contributed by atoms with van der Waals surface area (Å²) in [6.45, 7) is 4.00. The summed E-state index contributed by atoms with van der Waals surface area (Å²) < 4.78 is 16.4. The van der Waals surface area contributed by atoms with Crippen LogP contribution >= 0.6 is 11.6 Å². The largest absolute Gasteiger partial charge is 0.341 e. The Morgan fingerprint density at radius 2 is 1.68 bits per heavy atom. The highest BCUT2D eigenvalue weighted by Gasteiger charge is 2.17. The molecule has 0 saturated heterocycles. The van der Waals surface area contributed by atoms with Crippen molar-refractivity contribution in [3.8, 4) is 34.0 Å². The molecule has 3 aromatic carbocycles. The number of hydrogen-bond acceptors (Lipinski definition) is 2. The molecular weight excluding hydrogens is 411 g/mol. The number of aryl methyl sites for hydroxylation is 3. The first-order chi connectivity index (χ1) is 14.9. The van der Waals surface area contributed by atoms with Crippen LogP contribution in [0.25, 0.3) is 45.1 Å². The summed E-state index contributed by atoms with van der Waals surface area (Å²) in [6.07, 6.45) is 0. The average Bonchev–Trinajstić information content (AvgIpc) is 3.28. The molecule has 0 saturated carbocycles. The van der Waals surface area contributed by atoms with Gasteiger partial charge >= 0.3 is 0 Å². The number of nitrogens with zero attached hydrogens (tertiary/aromatic N) is 3. The molecule has 4 nitrogen and oxygen atoms in total. The first kappa shape index (κ1) is 19.5. The van der Waals surface area contributed by atoms with Crippen LogP contribution in [0.15, 0.2) is 60.7 Å². The molecule has 0 unspecified atom stereocenters. The van der Waals surface area contributed by atoms with E-state index < -0.39 is 5.82 Å². The van der Waals surface area contributed by atoms with Crippen molar-refractivity contribution in [3.05, 3.63) is 82.8 Å². The molecule has 6 heteroatoms. The van der Waals surface area contributed by atoms with Crippen LogP contribution in [0.3, 0.4) is 0 Å². The lowest BCUT2D eigenvalue weighted by atomic mass is 10.1. The number of H-pyrrole nitrogens is 1. The number of halogens is 2. The van der Waals surface area contributed by atoms with Gasteiger partial charge in [-0.1, -0.05) is 48.0 Å². The van der Waals surface area contributed by atoms with Crippen LogP contribution in [0, 0.1) is 19.7 Å². The molecule has 0 aliphatic carbocycles. The van der Waals surface area contributed by atoms with Crippen molar-refractivity contribution in [2.75, 3.05) is 0 Å². The number of nitrogens with one attached hydrogen (secondary N) is 1. The van der Waals surface area contributed by atoms with E-state index in [-0.39, 0.29) is 5.56 Å². The normalized spacial score (nSPS) is 11.4. The molecule has 0 bridgehead atoms. The smallest absolute Gasteiger partial charge is 0.142 e. The first-order valence-electron chi connectivity index (χ1n) is 9.97. The monoisotopic (exact) mass is 430 g/mol. The van der Waals surface area contributed by atoms with Crippen LogP contribution in [0.2, 0.25) is 5.02 Å². The van der Waals surface area contributed by atoms with Crippen molar-refractivity contribution < 1.29 is 4.39 Å². The number of fused-ring (bicyclic) bond motifs is 1. The Morgan fingerprint density at radius 1 is 0.935 bits per heavy atom. The highest BCUT2D eigenvalue weighted by molar-refractivity contribution is 6.33. The molecule has 31 heavy (non-hydrogen) atoms. The maximum Gasteiger partial charge on any atom is 0.142 e. The van der Waals surface area contributed by atoms with Gasteiger partial charge in [0.25, 0.3) is 0 Å². The fraction of sp³-hybridized carbons (Fsp3) is 0.120. The van der Waals surface area contributed by atoms with Gasteiger partial charge in [-0.15, -0.1) is 0 Å². The molecule has 2 heterocycles. The van der Waals surface area contributed by atoms with Crippen molar-refractivity contribution in [1.82, 2.24) is 19.5 Å². The van der Waals surface area contributed by atoms with Crippen LogP contribution in [0.4, 0.5) is 4.39 Å². The molecule has 0 atom stereocenters. The summed E-state index contributed by atoms with van der Waals surface area (Å²) >= 11 is 6.21. The lowest BCUT2D eigenvalue weighted by Crippen LogP contribution is -1.93. The van der Waals surface area contributed by atoms with E-state index in [9.17, 15) is 4.39 Å². The van der Waals surface area contributed by atoms with Gasteiger partial charge in [-0.05, 0) is 43.7 Å². The molecule has 2 aromatic heterocycles. The topological polar surface area (TPSA) is 46.5 Å². The fourth-order valence-corrected chi connectivity index (χ4v) is 4.17. The van der Waals surface area contributed by atoms with Gasteiger partial charge in [0.1, 0.15) is 17.5 Å². The molecule has 0 spiro atoms. The maximum atomic E-state index is 14.3. The highest BCUT2D eigenvalue weighted by atomic mass is 35.5. The Labute approximate surface area is 184 Å².